The van der Waals surface area contributed by atoms with Crippen LogP contribution in [0.3, 0.4) is 0 Å². The first-order chi connectivity index (χ1) is 16.2. The Kier molecular flexibility index (Phi) is 9.76. The van der Waals surface area contributed by atoms with Crippen molar-refractivity contribution in [2.24, 2.45) is 11.3 Å². The van der Waals surface area contributed by atoms with Crippen LogP contribution >= 0.6 is 0 Å². The van der Waals surface area contributed by atoms with E-state index in [1.807, 2.05) is 30.4 Å². The summed E-state index contributed by atoms with van der Waals surface area (Å²) in [5.41, 5.74) is 0.855. The van der Waals surface area contributed by atoms with E-state index >= 15 is 0 Å². The third-order valence-corrected chi connectivity index (χ3v) is 7.26. The third kappa shape index (κ3) is 6.01. The van der Waals surface area contributed by atoms with Gasteiger partial charge in [-0.2, -0.15) is 5.26 Å². The van der Waals surface area contributed by atoms with Crippen LogP contribution in [0.1, 0.15) is 52.0 Å². The maximum atomic E-state index is 12.2. The van der Waals surface area contributed by atoms with Gasteiger partial charge in [-0.25, -0.2) is 4.79 Å². The van der Waals surface area contributed by atoms with Gasteiger partial charge in [0.1, 0.15) is 0 Å². The predicted molar refractivity (Wildman–Crippen MR) is 135 cm³/mol. The third-order valence-electron chi connectivity index (χ3n) is 7.26. The first-order valence-corrected chi connectivity index (χ1v) is 12.0. The van der Waals surface area contributed by atoms with Crippen LogP contribution in [-0.2, 0) is 14.9 Å². The average molecular weight is 469 g/mol. The van der Waals surface area contributed by atoms with E-state index in [2.05, 4.69) is 44.9 Å². The molecule has 1 aliphatic carbocycles. The lowest BCUT2D eigenvalue weighted by molar-refractivity contribution is -0.137. The summed E-state index contributed by atoms with van der Waals surface area (Å²) < 4.78 is 15.9. The lowest BCUT2D eigenvalue weighted by atomic mass is 9.69. The van der Waals surface area contributed by atoms with Gasteiger partial charge in [0.15, 0.2) is 11.5 Å². The zero-order valence-corrected chi connectivity index (χ0v) is 21.8. The highest BCUT2D eigenvalue weighted by Crippen LogP contribution is 2.41. The second-order valence-electron chi connectivity index (χ2n) is 9.73. The Morgan fingerprint density at radius 1 is 1.21 bits per heavy atom. The number of carbonyl (C=O) groups excluding carboxylic acids is 1. The van der Waals surface area contributed by atoms with Crippen LogP contribution in [0.5, 0.6) is 11.5 Å². The molecule has 0 amide bonds. The van der Waals surface area contributed by atoms with Crippen molar-refractivity contribution < 1.29 is 19.0 Å². The molecule has 2 unspecified atom stereocenters. The number of rotatable bonds is 12. The number of nitriles is 1. The largest absolute Gasteiger partial charge is 0.493 e. The fourth-order valence-electron chi connectivity index (χ4n) is 4.77. The van der Waals surface area contributed by atoms with Gasteiger partial charge in [-0.05, 0) is 69.4 Å². The fourth-order valence-corrected chi connectivity index (χ4v) is 4.77. The van der Waals surface area contributed by atoms with E-state index in [1.54, 1.807) is 14.2 Å². The van der Waals surface area contributed by atoms with Gasteiger partial charge in [-0.15, -0.1) is 0 Å². The van der Waals surface area contributed by atoms with Crippen LogP contribution in [-0.4, -0.2) is 52.3 Å². The molecule has 1 aromatic carbocycles. The van der Waals surface area contributed by atoms with E-state index in [0.717, 1.165) is 49.9 Å². The summed E-state index contributed by atoms with van der Waals surface area (Å²) in [7, 11) is 6.76. The van der Waals surface area contributed by atoms with Crippen molar-refractivity contribution in [2.45, 2.75) is 51.9 Å². The van der Waals surface area contributed by atoms with E-state index in [1.165, 1.54) is 7.11 Å². The molecule has 1 aliphatic rings. The molecule has 1 aromatic rings. The summed E-state index contributed by atoms with van der Waals surface area (Å²) in [6.45, 7) is 8.05. The Balaban J connectivity index is 2.05. The lowest BCUT2D eigenvalue weighted by Crippen LogP contribution is -2.34. The average Bonchev–Trinajstić information content (AvgIpc) is 2.84. The number of carbonyl (C=O) groups is 1. The second-order valence-corrected chi connectivity index (χ2v) is 9.73. The zero-order chi connectivity index (χ0) is 25.4. The number of ether oxygens (including phenoxy) is 3. The number of hydrogen-bond donors (Lipinski definition) is 0. The standard InChI is InChI=1S/C28H40N2O4/c1-21(2)28(20-29,22-12-13-24(32-5)25(19-22)33-6)15-10-17-30(4)18-16-27(3)14-9-8-11-23(27)26(31)34-7/h8-9,11-13,19,21H,10,14-18H2,1-7H3. The molecule has 0 heterocycles. The number of esters is 1. The van der Waals surface area contributed by atoms with Crippen LogP contribution in [0.2, 0.25) is 0 Å². The SMILES string of the molecule is COC(=O)C1=CC=CCC1(C)CCN(C)CCCC(C#N)(c1ccc(OC)c(OC)c1)C(C)C. The van der Waals surface area contributed by atoms with Gasteiger partial charge in [0.25, 0.3) is 0 Å². The Labute approximate surface area is 205 Å². The van der Waals surface area contributed by atoms with Gasteiger partial charge in [0.2, 0.25) is 0 Å². The molecular formula is C28H40N2O4. The molecule has 0 aliphatic heterocycles. The van der Waals surface area contributed by atoms with Crippen molar-refractivity contribution >= 4 is 5.97 Å². The van der Waals surface area contributed by atoms with Gasteiger partial charge < -0.3 is 19.1 Å². The molecular weight excluding hydrogens is 428 g/mol. The van der Waals surface area contributed by atoms with Gasteiger partial charge >= 0.3 is 5.97 Å². The molecule has 2 rings (SSSR count). The van der Waals surface area contributed by atoms with Crippen LogP contribution in [0.15, 0.2) is 42.0 Å². The van der Waals surface area contributed by atoms with Crippen molar-refractivity contribution in [2.75, 3.05) is 41.5 Å². The van der Waals surface area contributed by atoms with E-state index in [0.29, 0.717) is 11.5 Å². The normalized spacial score (nSPS) is 19.4. The first kappa shape index (κ1) is 27.5. The van der Waals surface area contributed by atoms with Crippen molar-refractivity contribution in [3.63, 3.8) is 0 Å². The Morgan fingerprint density at radius 3 is 2.50 bits per heavy atom. The molecule has 0 bridgehead atoms. The minimum Gasteiger partial charge on any atom is -0.493 e. The Morgan fingerprint density at radius 2 is 1.91 bits per heavy atom. The van der Waals surface area contributed by atoms with Gasteiger partial charge in [0.05, 0.1) is 32.8 Å². The van der Waals surface area contributed by atoms with E-state index in [-0.39, 0.29) is 17.3 Å². The molecule has 0 radical (unpaired) electrons. The highest BCUT2D eigenvalue weighted by molar-refractivity contribution is 5.90. The molecule has 0 saturated heterocycles. The monoisotopic (exact) mass is 468 g/mol. The maximum absolute atomic E-state index is 12.2. The van der Waals surface area contributed by atoms with Crippen molar-refractivity contribution in [3.05, 3.63) is 47.6 Å². The molecule has 0 spiro atoms. The fraction of sp³-hybridized carbons (Fsp3) is 0.571. The molecule has 0 aromatic heterocycles. The lowest BCUT2D eigenvalue weighted by Gasteiger charge is -2.34. The smallest absolute Gasteiger partial charge is 0.334 e. The number of methoxy groups -OCH3 is 3. The number of nitrogens with zero attached hydrogens (tertiary/aromatic N) is 2. The van der Waals surface area contributed by atoms with Gasteiger partial charge in [-0.1, -0.05) is 45.1 Å². The highest BCUT2D eigenvalue weighted by Gasteiger charge is 2.37. The minimum atomic E-state index is -0.610. The number of hydrogen-bond acceptors (Lipinski definition) is 6. The molecule has 0 N–H and O–H groups in total. The van der Waals surface area contributed by atoms with Gasteiger partial charge in [-0.3, -0.25) is 0 Å². The summed E-state index contributed by atoms with van der Waals surface area (Å²) in [6.07, 6.45) is 9.23. The number of allylic oxidation sites excluding steroid dienone is 3. The zero-order valence-electron chi connectivity index (χ0n) is 21.8. The van der Waals surface area contributed by atoms with Crippen LogP contribution in [0, 0.1) is 22.7 Å². The maximum Gasteiger partial charge on any atom is 0.334 e. The van der Waals surface area contributed by atoms with Crippen LogP contribution in [0.4, 0.5) is 0 Å². The molecule has 2 atom stereocenters. The second kappa shape index (κ2) is 12.1. The van der Waals surface area contributed by atoms with Crippen molar-refractivity contribution in [1.82, 2.24) is 4.90 Å². The summed E-state index contributed by atoms with van der Waals surface area (Å²) in [6, 6.07) is 8.42. The summed E-state index contributed by atoms with van der Waals surface area (Å²) in [4.78, 5) is 14.5. The summed E-state index contributed by atoms with van der Waals surface area (Å²) in [5, 5.41) is 10.3. The van der Waals surface area contributed by atoms with E-state index in [9.17, 15) is 10.1 Å². The molecule has 0 saturated carbocycles. The Hall–Kier alpha value is -2.78. The van der Waals surface area contributed by atoms with Crippen LogP contribution < -0.4 is 9.47 Å². The summed E-state index contributed by atoms with van der Waals surface area (Å²) >= 11 is 0. The quantitative estimate of drug-likeness (QED) is 0.388. The highest BCUT2D eigenvalue weighted by atomic mass is 16.5. The van der Waals surface area contributed by atoms with E-state index in [4.69, 9.17) is 14.2 Å². The van der Waals surface area contributed by atoms with Crippen LogP contribution in [0.25, 0.3) is 0 Å². The number of benzene rings is 1. The first-order valence-electron chi connectivity index (χ1n) is 12.0. The molecule has 186 valence electrons. The van der Waals surface area contributed by atoms with Gasteiger partial charge in [0, 0.05) is 11.0 Å². The van der Waals surface area contributed by atoms with Crippen molar-refractivity contribution in [3.8, 4) is 17.6 Å². The molecule has 6 heteroatoms. The van der Waals surface area contributed by atoms with E-state index < -0.39 is 5.41 Å². The summed E-state index contributed by atoms with van der Waals surface area (Å²) in [5.74, 6) is 1.19. The molecule has 0 fully saturated rings. The van der Waals surface area contributed by atoms with Crippen molar-refractivity contribution in [1.29, 1.82) is 5.26 Å². The predicted octanol–water partition coefficient (Wildman–Crippen LogP) is 5.29. The molecule has 34 heavy (non-hydrogen) atoms. The minimum absolute atomic E-state index is 0.140. The topological polar surface area (TPSA) is 71.8 Å². The Bertz CT molecular complexity index is 946. The molecule has 6 nitrogen and oxygen atoms in total.